The second-order valence-electron chi connectivity index (χ2n) is 30.7. The summed E-state index contributed by atoms with van der Waals surface area (Å²) in [5.74, 6) is -5.25. The molecule has 0 aromatic heterocycles. The predicted octanol–water partition coefficient (Wildman–Crippen LogP) is 14.3. The van der Waals surface area contributed by atoms with Crippen molar-refractivity contribution in [3.63, 3.8) is 0 Å². The summed E-state index contributed by atoms with van der Waals surface area (Å²) in [6, 6.07) is 97.3. The Bertz CT molecular complexity index is 5180. The molecule has 2 N–H and O–H groups in total. The topological polar surface area (TPSA) is 297 Å². The van der Waals surface area contributed by atoms with Crippen molar-refractivity contribution < 1.29 is 110 Å². The van der Waals surface area contributed by atoms with Gasteiger partial charge in [0.2, 0.25) is 0 Å². The van der Waals surface area contributed by atoms with E-state index in [9.17, 15) is 48.6 Å². The summed E-state index contributed by atoms with van der Waals surface area (Å²) in [5, 5.41) is 22.9. The standard InChI is InChI=1S/C44H44O8Si.C28H26O8.C28H28O7/c1-31-38(50-41(45)32-20-10-5-11-21-32)40(52-43(47)34-24-14-7-15-25-34)39(51-42(46)33-22-12-6-13-23-33)37(49-31)30-48-53(44(2,3)4,35-26-16-8-17-27-35)36-28-18-9-19-29-36;1-18-23(34-26(30)19-11-5-2-6-12-19)25(36-28(32)21-15-9-4-10-16-21)24(22(17-29)33-18)35-27(31)20-13-7-3-8-14-20;1-19-25(34-27(30)21-13-7-3-8-14-21)26(35-28(31)22-15-9-4-10-16-22)24(29)23(33-19)18-32-17-20-11-5-2-6-12-20/h5-29,31,37-40H,30H2,1-4H3;2-16,18,22-25,29H,17H2,1H3;2-16,19,23-26,29H,17-18H2,1H3/t31-,37?,38?,39+,40+;18-,22?,23?,24-,25+;19-,23?,24-,25?,26-/m000/s1. The molecule has 11 aromatic carbocycles. The van der Waals surface area contributed by atoms with E-state index < -0.39 is 154 Å². The molecule has 3 aliphatic rings. The normalized spacial score (nSPS) is 22.1. The van der Waals surface area contributed by atoms with Crippen LogP contribution in [0.1, 0.15) is 130 Å². The van der Waals surface area contributed by atoms with Crippen LogP contribution >= 0.6 is 0 Å². The van der Waals surface area contributed by atoms with Crippen molar-refractivity contribution in [2.75, 3.05) is 19.8 Å². The Kier molecular flexibility index (Phi) is 31.9. The lowest BCUT2D eigenvalue weighted by Crippen LogP contribution is -2.68. The van der Waals surface area contributed by atoms with Gasteiger partial charge in [-0.15, -0.1) is 0 Å². The molecule has 11 aromatic rings. The molecular weight excluding hydrogens is 1600 g/mol. The van der Waals surface area contributed by atoms with E-state index in [2.05, 4.69) is 45.0 Å². The minimum atomic E-state index is -3.10. The van der Waals surface area contributed by atoms with Gasteiger partial charge in [-0.25, -0.2) is 38.4 Å². The van der Waals surface area contributed by atoms with E-state index in [0.717, 1.165) is 15.9 Å². The minimum Gasteiger partial charge on any atom is -0.452 e. The highest BCUT2D eigenvalue weighted by molar-refractivity contribution is 6.99. The Labute approximate surface area is 720 Å². The summed E-state index contributed by atoms with van der Waals surface area (Å²) in [5.41, 5.74) is 3.35. The average molecular weight is 1700 g/mol. The van der Waals surface area contributed by atoms with Crippen molar-refractivity contribution in [1.82, 2.24) is 0 Å². The number of carbonyl (C=O) groups is 8. The molecular formula is C100H98O23Si. The number of aliphatic hydroxyl groups excluding tert-OH is 2. The van der Waals surface area contributed by atoms with Gasteiger partial charge in [0, 0.05) is 0 Å². The quantitative estimate of drug-likeness (QED) is 0.0289. The van der Waals surface area contributed by atoms with E-state index in [1.807, 2.05) is 66.7 Å². The maximum Gasteiger partial charge on any atom is 0.338 e. The third kappa shape index (κ3) is 23.3. The Morgan fingerprint density at radius 1 is 0.290 bits per heavy atom. The van der Waals surface area contributed by atoms with Crippen LogP contribution in [0.25, 0.3) is 0 Å². The second-order valence-corrected chi connectivity index (χ2v) is 35.0. The maximum atomic E-state index is 13.8. The van der Waals surface area contributed by atoms with Crippen molar-refractivity contribution in [2.45, 2.75) is 145 Å². The first-order valence-electron chi connectivity index (χ1n) is 40.8. The summed E-state index contributed by atoms with van der Waals surface area (Å²) in [6.45, 7) is 11.4. The third-order valence-corrected chi connectivity index (χ3v) is 26.1. The van der Waals surface area contributed by atoms with Crippen LogP contribution in [0.15, 0.2) is 334 Å². The molecule has 3 heterocycles. The zero-order chi connectivity index (χ0) is 87.5. The van der Waals surface area contributed by atoms with Gasteiger partial charge in [0.05, 0.1) is 89.2 Å². The van der Waals surface area contributed by atoms with Gasteiger partial charge >= 0.3 is 47.8 Å². The molecule has 0 bridgehead atoms. The first-order chi connectivity index (χ1) is 60.1. The second kappa shape index (κ2) is 43.7. The summed E-state index contributed by atoms with van der Waals surface area (Å²) < 4.78 is 78.7. The predicted molar refractivity (Wildman–Crippen MR) is 461 cm³/mol. The van der Waals surface area contributed by atoms with E-state index in [4.69, 9.17) is 61.3 Å². The zero-order valence-corrected chi connectivity index (χ0v) is 70.2. The molecule has 23 nitrogen and oxygen atoms in total. The van der Waals surface area contributed by atoms with E-state index in [0.29, 0.717) is 34.4 Å². The van der Waals surface area contributed by atoms with Crippen LogP contribution in [0.3, 0.4) is 0 Å². The monoisotopic (exact) mass is 1690 g/mol. The number of aliphatic hydroxyl groups is 2. The van der Waals surface area contributed by atoms with E-state index >= 15 is 0 Å². The molecule has 3 fully saturated rings. The fraction of sp³-hybridized carbons (Fsp3) is 0.260. The lowest BCUT2D eigenvalue weighted by molar-refractivity contribution is -0.228. The van der Waals surface area contributed by atoms with Gasteiger partial charge in [0.15, 0.2) is 48.8 Å². The van der Waals surface area contributed by atoms with E-state index in [1.165, 1.54) is 0 Å². The third-order valence-electron chi connectivity index (χ3n) is 21.1. The van der Waals surface area contributed by atoms with Crippen molar-refractivity contribution in [3.05, 3.63) is 384 Å². The first kappa shape index (κ1) is 90.4. The number of carbonyl (C=O) groups excluding carboxylic acids is 8. The molecule has 0 radical (unpaired) electrons. The Hall–Kier alpha value is -12.9. The van der Waals surface area contributed by atoms with Gasteiger partial charge in [0.1, 0.15) is 24.4 Å². The van der Waals surface area contributed by atoms with Crippen molar-refractivity contribution in [1.29, 1.82) is 0 Å². The number of hydrogen-bond acceptors (Lipinski definition) is 23. The molecule has 14 rings (SSSR count). The maximum absolute atomic E-state index is 13.8. The number of esters is 8. The Balaban J connectivity index is 0.000000175. The van der Waals surface area contributed by atoms with Crippen molar-refractivity contribution in [3.8, 4) is 0 Å². The molecule has 124 heavy (non-hydrogen) atoms. The molecule has 640 valence electrons. The zero-order valence-electron chi connectivity index (χ0n) is 69.2. The Morgan fingerprint density at radius 2 is 0.516 bits per heavy atom. The smallest absolute Gasteiger partial charge is 0.338 e. The highest BCUT2D eigenvalue weighted by Crippen LogP contribution is 2.40. The highest BCUT2D eigenvalue weighted by atomic mass is 28.4. The van der Waals surface area contributed by atoms with Gasteiger partial charge in [-0.2, -0.15) is 0 Å². The van der Waals surface area contributed by atoms with Gasteiger partial charge in [-0.3, -0.25) is 0 Å². The van der Waals surface area contributed by atoms with Crippen LogP contribution in [0.4, 0.5) is 0 Å². The molecule has 0 amide bonds. The minimum absolute atomic E-state index is 0.0247. The lowest BCUT2D eigenvalue weighted by Gasteiger charge is -2.47. The van der Waals surface area contributed by atoms with Gasteiger partial charge in [-0.05, 0) is 139 Å². The first-order valence-corrected chi connectivity index (χ1v) is 42.7. The van der Waals surface area contributed by atoms with Crippen molar-refractivity contribution >= 4 is 66.4 Å². The fourth-order valence-electron chi connectivity index (χ4n) is 14.9. The van der Waals surface area contributed by atoms with Gasteiger partial charge in [0.25, 0.3) is 8.32 Å². The van der Waals surface area contributed by atoms with Crippen LogP contribution < -0.4 is 10.4 Å². The fourth-order valence-corrected chi connectivity index (χ4v) is 19.4. The average Bonchev–Trinajstić information content (AvgIpc) is 0.738. The molecule has 0 spiro atoms. The summed E-state index contributed by atoms with van der Waals surface area (Å²) >= 11 is 0. The summed E-state index contributed by atoms with van der Waals surface area (Å²) in [6.07, 6.45) is -15.7. The highest BCUT2D eigenvalue weighted by Gasteiger charge is 2.56. The molecule has 24 heteroatoms. The molecule has 0 saturated carbocycles. The van der Waals surface area contributed by atoms with Crippen LogP contribution in [0, 0.1) is 0 Å². The van der Waals surface area contributed by atoms with Gasteiger partial charge < -0.3 is 71.5 Å². The molecule has 3 saturated heterocycles. The lowest BCUT2D eigenvalue weighted by atomic mass is 9.94. The van der Waals surface area contributed by atoms with Crippen molar-refractivity contribution in [2.24, 2.45) is 0 Å². The Morgan fingerprint density at radius 3 is 0.798 bits per heavy atom. The summed E-state index contributed by atoms with van der Waals surface area (Å²) in [7, 11) is -3.10. The van der Waals surface area contributed by atoms with E-state index in [-0.39, 0.29) is 34.9 Å². The van der Waals surface area contributed by atoms with E-state index in [1.54, 1.807) is 263 Å². The van der Waals surface area contributed by atoms with Crippen LogP contribution in [-0.2, 0) is 67.9 Å². The SMILES string of the molecule is C[C@@H]1OC(CO)[C@H](OC(=O)c2ccccc2)[C@H](OC(=O)c2ccccc2)C1OC(=O)c1ccccc1.C[C@@H]1OC(COCc2ccccc2)[C@H](O)[C@H](OC(=O)c2ccccc2)C1OC(=O)c1ccccc1.C[C@@H]1OC(CO[Si](c2ccccc2)(c2ccccc2)C(C)(C)C)[C@@H](OC(=O)c2ccccc2)[C@H](OC(=O)c2ccccc2)C1OC(=O)c1ccccc1. The molecule has 3 aliphatic heterocycles. The van der Waals surface area contributed by atoms with Crippen LogP contribution in [0.5, 0.6) is 0 Å². The number of rotatable bonds is 26. The molecule has 15 atom stereocenters. The molecule has 0 aliphatic carbocycles. The van der Waals surface area contributed by atoms with Crippen LogP contribution in [0.2, 0.25) is 5.04 Å². The summed E-state index contributed by atoms with van der Waals surface area (Å²) in [4.78, 5) is 106. The molecule has 6 unspecified atom stereocenters. The number of hydrogen-bond donors (Lipinski definition) is 2. The number of benzene rings is 11. The van der Waals surface area contributed by atoms with Crippen LogP contribution in [-0.4, -0.2) is 178 Å². The van der Waals surface area contributed by atoms with Gasteiger partial charge in [-0.1, -0.05) is 257 Å². The number of ether oxygens (including phenoxy) is 12. The largest absolute Gasteiger partial charge is 0.452 e.